The van der Waals surface area contributed by atoms with E-state index in [2.05, 4.69) is 15.5 Å². The Hall–Kier alpha value is -2.18. The Morgan fingerprint density at radius 3 is 2.67 bits per heavy atom. The lowest BCUT2D eigenvalue weighted by molar-refractivity contribution is 0.627. The summed E-state index contributed by atoms with van der Waals surface area (Å²) < 4.78 is 14.5. The molecule has 0 aliphatic heterocycles. The fourth-order valence-electron chi connectivity index (χ4n) is 1.89. The van der Waals surface area contributed by atoms with E-state index in [9.17, 15) is 4.39 Å². The third-order valence-corrected chi connectivity index (χ3v) is 3.40. The largest absolute Gasteiger partial charge is 0.398 e. The second-order valence-electron chi connectivity index (χ2n) is 4.24. The van der Waals surface area contributed by atoms with Gasteiger partial charge in [0.25, 0.3) is 0 Å². The van der Waals surface area contributed by atoms with Gasteiger partial charge >= 0.3 is 0 Å². The Morgan fingerprint density at radius 2 is 1.90 bits per heavy atom. The van der Waals surface area contributed by atoms with Crippen LogP contribution in [0.4, 0.5) is 10.1 Å². The van der Waals surface area contributed by atoms with Gasteiger partial charge in [0.15, 0.2) is 5.82 Å². The summed E-state index contributed by atoms with van der Waals surface area (Å²) in [5, 5.41) is 12.1. The van der Waals surface area contributed by atoms with Crippen molar-refractivity contribution in [2.75, 3.05) is 5.73 Å². The number of hydrogen-bond acceptors (Lipinski definition) is 4. The first kappa shape index (κ1) is 13.8. The molecule has 8 heteroatoms. The molecule has 2 N–H and O–H groups in total. The van der Waals surface area contributed by atoms with Crippen LogP contribution in [0.15, 0.2) is 36.4 Å². The summed E-state index contributed by atoms with van der Waals surface area (Å²) in [5.74, 6) is -0.0795. The second kappa shape index (κ2) is 5.31. The van der Waals surface area contributed by atoms with Gasteiger partial charge in [0, 0.05) is 16.3 Å². The SMILES string of the molecule is Nc1ccc(Cl)cc1-c1nnnn1-c1ccc(F)cc1Cl. The number of anilines is 1. The molecule has 3 rings (SSSR count). The third-order valence-electron chi connectivity index (χ3n) is 2.86. The van der Waals surface area contributed by atoms with Crippen molar-refractivity contribution >= 4 is 28.9 Å². The second-order valence-corrected chi connectivity index (χ2v) is 5.09. The van der Waals surface area contributed by atoms with E-state index in [-0.39, 0.29) is 5.02 Å². The molecule has 2 aromatic carbocycles. The number of halogens is 3. The zero-order chi connectivity index (χ0) is 15.0. The number of rotatable bonds is 2. The van der Waals surface area contributed by atoms with Crippen molar-refractivity contribution in [3.8, 4) is 17.1 Å². The van der Waals surface area contributed by atoms with Crippen LogP contribution in [0.5, 0.6) is 0 Å². The number of tetrazole rings is 1. The lowest BCUT2D eigenvalue weighted by atomic mass is 10.1. The van der Waals surface area contributed by atoms with Gasteiger partial charge in [-0.3, -0.25) is 0 Å². The summed E-state index contributed by atoms with van der Waals surface area (Å²) in [6, 6.07) is 8.91. The van der Waals surface area contributed by atoms with Crippen molar-refractivity contribution in [2.45, 2.75) is 0 Å². The molecule has 0 aliphatic carbocycles. The highest BCUT2D eigenvalue weighted by Crippen LogP contribution is 2.30. The lowest BCUT2D eigenvalue weighted by Crippen LogP contribution is -2.02. The fourth-order valence-corrected chi connectivity index (χ4v) is 2.31. The number of nitrogen functional groups attached to an aromatic ring is 1. The van der Waals surface area contributed by atoms with Gasteiger partial charge < -0.3 is 5.73 Å². The van der Waals surface area contributed by atoms with Crippen molar-refractivity contribution in [3.63, 3.8) is 0 Å². The lowest BCUT2D eigenvalue weighted by Gasteiger charge is -2.08. The van der Waals surface area contributed by atoms with Gasteiger partial charge in [-0.25, -0.2) is 4.39 Å². The first-order chi connectivity index (χ1) is 10.1. The third kappa shape index (κ3) is 2.55. The first-order valence-corrected chi connectivity index (χ1v) is 6.61. The van der Waals surface area contributed by atoms with Gasteiger partial charge in [0.1, 0.15) is 5.82 Å². The molecule has 3 aromatic rings. The number of nitrogens with zero attached hydrogens (tertiary/aromatic N) is 4. The summed E-state index contributed by atoms with van der Waals surface area (Å²) in [4.78, 5) is 0. The fraction of sp³-hybridized carbons (Fsp3) is 0. The Kier molecular flexibility index (Phi) is 3.48. The molecule has 21 heavy (non-hydrogen) atoms. The molecule has 0 atom stereocenters. The molecule has 0 radical (unpaired) electrons. The van der Waals surface area contributed by atoms with Gasteiger partial charge in [-0.05, 0) is 46.8 Å². The van der Waals surface area contributed by atoms with Crippen LogP contribution in [0.25, 0.3) is 17.1 Å². The minimum atomic E-state index is -0.444. The topological polar surface area (TPSA) is 69.6 Å². The maximum absolute atomic E-state index is 13.1. The van der Waals surface area contributed by atoms with Crippen LogP contribution in [0.2, 0.25) is 10.0 Å². The van der Waals surface area contributed by atoms with E-state index >= 15 is 0 Å². The van der Waals surface area contributed by atoms with Crippen LogP contribution >= 0.6 is 23.2 Å². The summed E-state index contributed by atoms with van der Waals surface area (Å²) >= 11 is 12.0. The van der Waals surface area contributed by atoms with E-state index in [0.717, 1.165) is 0 Å². The van der Waals surface area contributed by atoms with Crippen molar-refractivity contribution in [1.82, 2.24) is 20.2 Å². The summed E-state index contributed by atoms with van der Waals surface area (Å²) in [7, 11) is 0. The minimum absolute atomic E-state index is 0.184. The van der Waals surface area contributed by atoms with Crippen LogP contribution in [0.1, 0.15) is 0 Å². The Morgan fingerprint density at radius 1 is 1.10 bits per heavy atom. The highest BCUT2D eigenvalue weighted by molar-refractivity contribution is 6.32. The molecule has 0 spiro atoms. The summed E-state index contributed by atoms with van der Waals surface area (Å²) in [5.41, 5.74) is 7.40. The van der Waals surface area contributed by atoms with Gasteiger partial charge in [0.2, 0.25) is 0 Å². The van der Waals surface area contributed by atoms with Crippen molar-refractivity contribution < 1.29 is 4.39 Å². The average molecular weight is 324 g/mol. The highest BCUT2D eigenvalue weighted by Gasteiger charge is 2.16. The average Bonchev–Trinajstić information content (AvgIpc) is 2.90. The van der Waals surface area contributed by atoms with Gasteiger partial charge in [0.05, 0.1) is 10.7 Å². The van der Waals surface area contributed by atoms with E-state index in [4.69, 9.17) is 28.9 Å². The van der Waals surface area contributed by atoms with Crippen molar-refractivity contribution in [2.24, 2.45) is 0 Å². The Bertz CT molecular complexity index is 818. The first-order valence-electron chi connectivity index (χ1n) is 5.85. The van der Waals surface area contributed by atoms with Gasteiger partial charge in [-0.1, -0.05) is 23.2 Å². The predicted molar refractivity (Wildman–Crippen MR) is 79.0 cm³/mol. The van der Waals surface area contributed by atoms with E-state index in [0.29, 0.717) is 27.8 Å². The zero-order valence-corrected chi connectivity index (χ0v) is 12.0. The van der Waals surface area contributed by atoms with Crippen LogP contribution in [-0.4, -0.2) is 20.2 Å². The predicted octanol–water partition coefficient (Wildman–Crippen LogP) is 3.36. The molecule has 106 valence electrons. The van der Waals surface area contributed by atoms with E-state index in [1.54, 1.807) is 18.2 Å². The number of hydrogen-bond donors (Lipinski definition) is 1. The standard InChI is InChI=1S/C13H8Cl2FN5/c14-7-1-3-11(17)9(5-7)13-18-19-20-21(13)12-4-2-8(16)6-10(12)15/h1-6H,17H2. The zero-order valence-electron chi connectivity index (χ0n) is 10.5. The maximum Gasteiger partial charge on any atom is 0.189 e. The van der Waals surface area contributed by atoms with Crippen LogP contribution in [0, 0.1) is 5.82 Å². The minimum Gasteiger partial charge on any atom is -0.398 e. The molecule has 0 aliphatic rings. The molecule has 5 nitrogen and oxygen atoms in total. The van der Waals surface area contributed by atoms with Gasteiger partial charge in [-0.2, -0.15) is 4.68 Å². The molecule has 0 bridgehead atoms. The molecule has 0 saturated heterocycles. The number of aromatic nitrogens is 4. The molecular formula is C13H8Cl2FN5. The van der Waals surface area contributed by atoms with Crippen LogP contribution in [0.3, 0.4) is 0 Å². The number of benzene rings is 2. The van der Waals surface area contributed by atoms with Crippen LogP contribution < -0.4 is 5.73 Å². The van der Waals surface area contributed by atoms with E-state index in [1.807, 2.05) is 0 Å². The van der Waals surface area contributed by atoms with Crippen LogP contribution in [-0.2, 0) is 0 Å². The van der Waals surface area contributed by atoms with Gasteiger partial charge in [-0.15, -0.1) is 5.10 Å². The molecule has 0 saturated carbocycles. The Labute approximate surface area is 129 Å². The molecule has 0 fully saturated rings. The van der Waals surface area contributed by atoms with E-state index < -0.39 is 5.82 Å². The molecule has 1 heterocycles. The van der Waals surface area contributed by atoms with E-state index in [1.165, 1.54) is 22.9 Å². The Balaban J connectivity index is 2.19. The monoisotopic (exact) mass is 323 g/mol. The highest BCUT2D eigenvalue weighted by atomic mass is 35.5. The summed E-state index contributed by atoms with van der Waals surface area (Å²) in [6.45, 7) is 0. The summed E-state index contributed by atoms with van der Waals surface area (Å²) in [6.07, 6.45) is 0. The molecular weight excluding hydrogens is 316 g/mol. The maximum atomic E-state index is 13.1. The molecule has 1 aromatic heterocycles. The quantitative estimate of drug-likeness (QED) is 0.734. The van der Waals surface area contributed by atoms with Crippen molar-refractivity contribution in [1.29, 1.82) is 0 Å². The number of nitrogens with two attached hydrogens (primary N) is 1. The molecule has 0 unspecified atom stereocenters. The smallest absolute Gasteiger partial charge is 0.189 e. The molecule has 0 amide bonds. The van der Waals surface area contributed by atoms with Crippen molar-refractivity contribution in [3.05, 3.63) is 52.3 Å². The normalized spacial score (nSPS) is 10.8.